The number of hydrogen-bond donors (Lipinski definition) is 1. The van der Waals surface area contributed by atoms with Crippen molar-refractivity contribution in [2.24, 2.45) is 10.3 Å². The van der Waals surface area contributed by atoms with Crippen LogP contribution in [-0.2, 0) is 0 Å². The third kappa shape index (κ3) is 4.04. The third-order valence-corrected chi connectivity index (χ3v) is 4.90. The second-order valence-corrected chi connectivity index (χ2v) is 6.86. The van der Waals surface area contributed by atoms with Crippen LogP contribution in [0.1, 0.15) is 0 Å². The van der Waals surface area contributed by atoms with Crippen LogP contribution in [-0.4, -0.2) is 60.4 Å². The summed E-state index contributed by atoms with van der Waals surface area (Å²) in [6.07, 6.45) is 0. The molecule has 1 N–H and O–H groups in total. The number of hydrogen-bond acceptors (Lipinski definition) is 5. The van der Waals surface area contributed by atoms with Crippen LogP contribution in [0.2, 0.25) is 0 Å². The average molecular weight is 376 g/mol. The summed E-state index contributed by atoms with van der Waals surface area (Å²) in [5.74, 6) is 0.817. The van der Waals surface area contributed by atoms with Gasteiger partial charge in [-0.25, -0.2) is 0 Å². The summed E-state index contributed by atoms with van der Waals surface area (Å²) in [7, 11) is 3.80. The maximum atomic E-state index is 5.44. The van der Waals surface area contributed by atoms with Gasteiger partial charge in [-0.2, -0.15) is 5.10 Å². The van der Waals surface area contributed by atoms with E-state index < -0.39 is 0 Å². The summed E-state index contributed by atoms with van der Waals surface area (Å²) in [5, 5.41) is 18.3. The Balaban J connectivity index is 1.47. The van der Waals surface area contributed by atoms with Crippen molar-refractivity contribution in [2.75, 3.05) is 40.3 Å². The molecule has 7 nitrogen and oxygen atoms in total. The van der Waals surface area contributed by atoms with Gasteiger partial charge in [0.2, 0.25) is 0 Å². The van der Waals surface area contributed by atoms with E-state index in [2.05, 4.69) is 32.5 Å². The Morgan fingerprint density at radius 1 is 1.00 bits per heavy atom. The van der Waals surface area contributed by atoms with Gasteiger partial charge in [0, 0.05) is 24.2 Å². The lowest BCUT2D eigenvalue weighted by molar-refractivity contribution is 0.150. The van der Waals surface area contributed by atoms with Crippen molar-refractivity contribution in [3.05, 3.63) is 54.6 Å². The van der Waals surface area contributed by atoms with E-state index in [1.54, 1.807) is 7.11 Å². The summed E-state index contributed by atoms with van der Waals surface area (Å²) in [5.41, 5.74) is 4.65. The first-order chi connectivity index (χ1) is 13.7. The van der Waals surface area contributed by atoms with Crippen molar-refractivity contribution in [1.82, 2.24) is 20.1 Å². The standard InChI is InChI=1S/C21H24N6O/c1-26-11-13-27(14-12-26)25-22-17-9-7-16(8-10-17)19-15-20(24-23-19)18-5-3-4-6-21(18)28-2/h3-10,15H,11-14H2,1-2H3,(H,23,24). The topological polar surface area (TPSA) is 69.1 Å². The lowest BCUT2D eigenvalue weighted by atomic mass is 10.1. The van der Waals surface area contributed by atoms with E-state index in [1.807, 2.05) is 59.6 Å². The van der Waals surface area contributed by atoms with Crippen LogP contribution in [0.25, 0.3) is 22.5 Å². The molecule has 0 saturated carbocycles. The molecular formula is C21H24N6O. The van der Waals surface area contributed by atoms with Crippen LogP contribution >= 0.6 is 0 Å². The Morgan fingerprint density at radius 3 is 2.50 bits per heavy atom. The number of piperazine rings is 1. The molecule has 1 aliphatic rings. The van der Waals surface area contributed by atoms with Crippen molar-refractivity contribution >= 4 is 5.69 Å². The molecular weight excluding hydrogens is 352 g/mol. The van der Waals surface area contributed by atoms with Crippen molar-refractivity contribution in [1.29, 1.82) is 0 Å². The largest absolute Gasteiger partial charge is 0.496 e. The molecule has 3 aromatic rings. The first-order valence-electron chi connectivity index (χ1n) is 9.37. The Hall–Kier alpha value is -3.19. The van der Waals surface area contributed by atoms with Gasteiger partial charge in [-0.3, -0.25) is 10.1 Å². The van der Waals surface area contributed by atoms with Crippen LogP contribution in [0.4, 0.5) is 5.69 Å². The maximum absolute atomic E-state index is 5.44. The monoisotopic (exact) mass is 376 g/mol. The van der Waals surface area contributed by atoms with Gasteiger partial charge in [0.15, 0.2) is 0 Å². The van der Waals surface area contributed by atoms with E-state index in [9.17, 15) is 0 Å². The highest BCUT2D eigenvalue weighted by Crippen LogP contribution is 2.31. The number of nitrogens with zero attached hydrogens (tertiary/aromatic N) is 5. The summed E-state index contributed by atoms with van der Waals surface area (Å²) in [6, 6.07) is 17.9. The molecule has 1 aliphatic heterocycles. The number of H-pyrrole nitrogens is 1. The van der Waals surface area contributed by atoms with E-state index in [-0.39, 0.29) is 0 Å². The van der Waals surface area contributed by atoms with Gasteiger partial charge in [-0.1, -0.05) is 29.5 Å². The molecule has 144 valence electrons. The molecule has 2 aromatic carbocycles. The number of methoxy groups -OCH3 is 1. The molecule has 1 aromatic heterocycles. The highest BCUT2D eigenvalue weighted by atomic mass is 16.5. The minimum absolute atomic E-state index is 0.817. The van der Waals surface area contributed by atoms with Crippen molar-refractivity contribution < 1.29 is 4.74 Å². The number of para-hydroxylation sites is 1. The van der Waals surface area contributed by atoms with E-state index in [0.29, 0.717) is 0 Å². The molecule has 2 heterocycles. The van der Waals surface area contributed by atoms with Gasteiger partial charge in [0.05, 0.1) is 37.3 Å². The van der Waals surface area contributed by atoms with Gasteiger partial charge in [0.25, 0.3) is 0 Å². The number of nitrogens with one attached hydrogen (secondary N) is 1. The predicted octanol–water partition coefficient (Wildman–Crippen LogP) is 4.00. The first kappa shape index (κ1) is 18.2. The van der Waals surface area contributed by atoms with Crippen LogP contribution in [0.15, 0.2) is 64.9 Å². The average Bonchev–Trinajstić information content (AvgIpc) is 3.24. The second kappa shape index (κ2) is 8.22. The Morgan fingerprint density at radius 2 is 1.75 bits per heavy atom. The zero-order chi connectivity index (χ0) is 19.3. The molecule has 0 spiro atoms. The number of aromatic amines is 1. The van der Waals surface area contributed by atoms with Gasteiger partial charge in [-0.05, 0) is 37.4 Å². The van der Waals surface area contributed by atoms with E-state index in [4.69, 9.17) is 4.74 Å². The minimum atomic E-state index is 0.817. The molecule has 7 heteroatoms. The highest BCUT2D eigenvalue weighted by Gasteiger charge is 2.12. The van der Waals surface area contributed by atoms with Gasteiger partial charge >= 0.3 is 0 Å². The van der Waals surface area contributed by atoms with Crippen LogP contribution in [0.5, 0.6) is 5.75 Å². The zero-order valence-electron chi connectivity index (χ0n) is 16.2. The Labute approximate surface area is 164 Å². The quantitative estimate of drug-likeness (QED) is 0.684. The molecule has 0 radical (unpaired) electrons. The van der Waals surface area contributed by atoms with E-state index in [0.717, 1.165) is 60.1 Å². The van der Waals surface area contributed by atoms with E-state index in [1.165, 1.54) is 0 Å². The third-order valence-electron chi connectivity index (χ3n) is 4.90. The van der Waals surface area contributed by atoms with Gasteiger partial charge in [-0.15, -0.1) is 5.11 Å². The van der Waals surface area contributed by atoms with Crippen LogP contribution in [0.3, 0.4) is 0 Å². The predicted molar refractivity (Wildman–Crippen MR) is 110 cm³/mol. The van der Waals surface area contributed by atoms with Crippen LogP contribution < -0.4 is 4.74 Å². The van der Waals surface area contributed by atoms with Crippen molar-refractivity contribution in [3.63, 3.8) is 0 Å². The molecule has 0 atom stereocenters. The summed E-state index contributed by atoms with van der Waals surface area (Å²) < 4.78 is 5.44. The number of ether oxygens (including phenoxy) is 1. The fourth-order valence-corrected chi connectivity index (χ4v) is 3.17. The molecule has 4 rings (SSSR count). The molecule has 0 amide bonds. The first-order valence-corrected chi connectivity index (χ1v) is 9.37. The number of likely N-dealkylation sites (N-methyl/N-ethyl adjacent to an activating group) is 1. The molecule has 1 fully saturated rings. The lowest BCUT2D eigenvalue weighted by Crippen LogP contribution is -2.41. The fourth-order valence-electron chi connectivity index (χ4n) is 3.17. The van der Waals surface area contributed by atoms with E-state index >= 15 is 0 Å². The minimum Gasteiger partial charge on any atom is -0.496 e. The second-order valence-electron chi connectivity index (χ2n) is 6.86. The summed E-state index contributed by atoms with van der Waals surface area (Å²) in [4.78, 5) is 2.30. The molecule has 0 unspecified atom stereocenters. The Kier molecular flexibility index (Phi) is 5.34. The normalized spacial score (nSPS) is 15.3. The molecule has 28 heavy (non-hydrogen) atoms. The number of aromatic nitrogens is 2. The smallest absolute Gasteiger partial charge is 0.128 e. The SMILES string of the molecule is COc1ccccc1-c1cc(-c2ccc(N=NN3CCN(C)CC3)cc2)n[nH]1. The molecule has 0 bridgehead atoms. The maximum Gasteiger partial charge on any atom is 0.128 e. The molecule has 0 aliphatic carbocycles. The zero-order valence-corrected chi connectivity index (χ0v) is 16.2. The summed E-state index contributed by atoms with van der Waals surface area (Å²) in [6.45, 7) is 3.87. The number of rotatable bonds is 5. The lowest BCUT2D eigenvalue weighted by Gasteiger charge is -2.29. The van der Waals surface area contributed by atoms with Crippen molar-refractivity contribution in [3.8, 4) is 28.3 Å². The van der Waals surface area contributed by atoms with Crippen molar-refractivity contribution in [2.45, 2.75) is 0 Å². The number of benzene rings is 2. The fraction of sp³-hybridized carbons (Fsp3) is 0.286. The highest BCUT2D eigenvalue weighted by molar-refractivity contribution is 5.72. The van der Waals surface area contributed by atoms with Gasteiger partial charge in [0.1, 0.15) is 5.75 Å². The Bertz CT molecular complexity index is 942. The van der Waals surface area contributed by atoms with Crippen LogP contribution in [0, 0.1) is 0 Å². The van der Waals surface area contributed by atoms with Gasteiger partial charge < -0.3 is 9.64 Å². The molecule has 1 saturated heterocycles. The summed E-state index contributed by atoms with van der Waals surface area (Å²) >= 11 is 0.